The summed E-state index contributed by atoms with van der Waals surface area (Å²) in [7, 11) is 0. The second kappa shape index (κ2) is 7.95. The fourth-order valence-electron chi connectivity index (χ4n) is 2.88. The van der Waals surface area contributed by atoms with Crippen LogP contribution in [0.25, 0.3) is 10.8 Å². The van der Waals surface area contributed by atoms with Crippen molar-refractivity contribution in [3.8, 4) is 0 Å². The van der Waals surface area contributed by atoms with Crippen LogP contribution in [0.15, 0.2) is 42.5 Å². The Bertz CT molecular complexity index is 702. The number of esters is 2. The molecule has 0 atom stereocenters. The Labute approximate surface area is 142 Å². The molecular formula is C20H24O4. The summed E-state index contributed by atoms with van der Waals surface area (Å²) in [6.45, 7) is 5.75. The van der Waals surface area contributed by atoms with E-state index < -0.39 is 17.4 Å². The van der Waals surface area contributed by atoms with Gasteiger partial charge in [-0.1, -0.05) is 49.4 Å². The molecule has 2 aromatic rings. The molecule has 0 spiro atoms. The Balaban J connectivity index is 2.41. The van der Waals surface area contributed by atoms with Gasteiger partial charge in [-0.2, -0.15) is 0 Å². The summed E-state index contributed by atoms with van der Waals surface area (Å²) in [5.41, 5.74) is -0.384. The molecule has 128 valence electrons. The monoisotopic (exact) mass is 328 g/mol. The Hall–Kier alpha value is -2.36. The largest absolute Gasteiger partial charge is 0.465 e. The summed E-state index contributed by atoms with van der Waals surface area (Å²) < 4.78 is 10.4. The van der Waals surface area contributed by atoms with Gasteiger partial charge in [0.2, 0.25) is 0 Å². The minimum Gasteiger partial charge on any atom is -0.465 e. The van der Waals surface area contributed by atoms with Crippen LogP contribution >= 0.6 is 0 Å². The highest BCUT2D eigenvalue weighted by Crippen LogP contribution is 2.32. The van der Waals surface area contributed by atoms with Crippen molar-refractivity contribution >= 4 is 22.7 Å². The van der Waals surface area contributed by atoms with Crippen LogP contribution in [0.5, 0.6) is 0 Å². The van der Waals surface area contributed by atoms with Crippen molar-refractivity contribution in [2.75, 3.05) is 13.2 Å². The number of rotatable bonds is 7. The van der Waals surface area contributed by atoms with Crippen LogP contribution in [0.1, 0.15) is 32.8 Å². The van der Waals surface area contributed by atoms with E-state index in [4.69, 9.17) is 9.47 Å². The average Bonchev–Trinajstić information content (AvgIpc) is 2.60. The van der Waals surface area contributed by atoms with E-state index in [1.165, 1.54) is 0 Å². The first kappa shape index (κ1) is 18.0. The zero-order valence-electron chi connectivity index (χ0n) is 14.5. The van der Waals surface area contributed by atoms with Crippen molar-refractivity contribution in [1.29, 1.82) is 0 Å². The summed E-state index contributed by atoms with van der Waals surface area (Å²) >= 11 is 0. The van der Waals surface area contributed by atoms with Gasteiger partial charge in [0, 0.05) is 0 Å². The summed E-state index contributed by atoms with van der Waals surface area (Å²) in [5.74, 6) is -1.03. The molecule has 4 heteroatoms. The predicted molar refractivity (Wildman–Crippen MR) is 93.6 cm³/mol. The standard InChI is InChI=1S/C20H24O4/c1-4-20(18(21)23-5-2,19(22)24-6-3)14-15-11-12-16-9-7-8-10-17(16)13-15/h7-13H,4-6,14H2,1-3H3. The molecule has 24 heavy (non-hydrogen) atoms. The minimum absolute atomic E-state index is 0.234. The zero-order valence-corrected chi connectivity index (χ0v) is 14.5. The Kier molecular flexibility index (Phi) is 5.96. The number of hydrogen-bond acceptors (Lipinski definition) is 4. The molecule has 4 nitrogen and oxygen atoms in total. The maximum absolute atomic E-state index is 12.6. The van der Waals surface area contributed by atoms with Gasteiger partial charge in [0.05, 0.1) is 13.2 Å². The molecule has 0 heterocycles. The minimum atomic E-state index is -1.30. The van der Waals surface area contributed by atoms with Crippen molar-refractivity contribution in [2.45, 2.75) is 33.6 Å². The fraction of sp³-hybridized carbons (Fsp3) is 0.400. The lowest BCUT2D eigenvalue weighted by atomic mass is 9.78. The summed E-state index contributed by atoms with van der Waals surface area (Å²) in [5, 5.41) is 2.20. The number of fused-ring (bicyclic) bond motifs is 1. The van der Waals surface area contributed by atoms with Crippen LogP contribution in [-0.2, 0) is 25.5 Å². The third kappa shape index (κ3) is 3.58. The first-order valence-electron chi connectivity index (χ1n) is 8.39. The van der Waals surface area contributed by atoms with Crippen LogP contribution in [0.4, 0.5) is 0 Å². The van der Waals surface area contributed by atoms with Gasteiger partial charge in [0.25, 0.3) is 0 Å². The molecule has 0 aromatic heterocycles. The van der Waals surface area contributed by atoms with Gasteiger partial charge < -0.3 is 9.47 Å². The molecule has 2 rings (SSSR count). The second-order valence-electron chi connectivity index (χ2n) is 5.73. The lowest BCUT2D eigenvalue weighted by molar-refractivity contribution is -0.172. The summed E-state index contributed by atoms with van der Waals surface area (Å²) in [6.07, 6.45) is 0.601. The second-order valence-corrected chi connectivity index (χ2v) is 5.73. The van der Waals surface area contributed by atoms with Crippen LogP contribution in [0, 0.1) is 5.41 Å². The quantitative estimate of drug-likeness (QED) is 0.571. The highest BCUT2D eigenvalue weighted by molar-refractivity contribution is 6.00. The van der Waals surface area contributed by atoms with Gasteiger partial charge in [0.15, 0.2) is 5.41 Å². The van der Waals surface area contributed by atoms with E-state index in [9.17, 15) is 9.59 Å². The van der Waals surface area contributed by atoms with E-state index in [0.29, 0.717) is 6.42 Å². The SMILES string of the molecule is CCOC(=O)C(CC)(Cc1ccc2ccccc2c1)C(=O)OCC. The van der Waals surface area contributed by atoms with Crippen molar-refractivity contribution < 1.29 is 19.1 Å². The third-order valence-corrected chi connectivity index (χ3v) is 4.26. The Morgan fingerprint density at radius 3 is 2.00 bits per heavy atom. The van der Waals surface area contributed by atoms with Crippen molar-refractivity contribution in [3.05, 3.63) is 48.0 Å². The lowest BCUT2D eigenvalue weighted by Gasteiger charge is -2.28. The first-order chi connectivity index (χ1) is 11.6. The van der Waals surface area contributed by atoms with Gasteiger partial charge in [-0.05, 0) is 43.0 Å². The highest BCUT2D eigenvalue weighted by Gasteiger charge is 2.47. The van der Waals surface area contributed by atoms with E-state index in [-0.39, 0.29) is 19.6 Å². The zero-order chi connectivity index (χ0) is 17.6. The summed E-state index contributed by atoms with van der Waals surface area (Å²) in [4.78, 5) is 25.1. The van der Waals surface area contributed by atoms with Gasteiger partial charge in [-0.15, -0.1) is 0 Å². The average molecular weight is 328 g/mol. The molecule has 2 aromatic carbocycles. The first-order valence-corrected chi connectivity index (χ1v) is 8.39. The van der Waals surface area contributed by atoms with Crippen molar-refractivity contribution in [3.63, 3.8) is 0 Å². The molecule has 0 bridgehead atoms. The maximum Gasteiger partial charge on any atom is 0.323 e. The summed E-state index contributed by atoms with van der Waals surface area (Å²) in [6, 6.07) is 14.0. The molecule has 0 unspecified atom stereocenters. The number of hydrogen-bond donors (Lipinski definition) is 0. The highest BCUT2D eigenvalue weighted by atomic mass is 16.6. The number of carbonyl (C=O) groups is 2. The Morgan fingerprint density at radius 1 is 0.875 bits per heavy atom. The molecule has 0 saturated carbocycles. The van der Waals surface area contributed by atoms with Crippen LogP contribution < -0.4 is 0 Å². The van der Waals surface area contributed by atoms with Gasteiger partial charge in [-0.3, -0.25) is 9.59 Å². The predicted octanol–water partition coefficient (Wildman–Crippen LogP) is 3.90. The molecule has 0 radical (unpaired) electrons. The smallest absolute Gasteiger partial charge is 0.323 e. The molecular weight excluding hydrogens is 304 g/mol. The van der Waals surface area contributed by atoms with Crippen molar-refractivity contribution in [1.82, 2.24) is 0 Å². The molecule has 0 fully saturated rings. The van der Waals surface area contributed by atoms with Gasteiger partial charge in [0.1, 0.15) is 0 Å². The van der Waals surface area contributed by atoms with E-state index >= 15 is 0 Å². The molecule has 0 aliphatic carbocycles. The van der Waals surface area contributed by atoms with E-state index in [0.717, 1.165) is 16.3 Å². The number of benzene rings is 2. The van der Waals surface area contributed by atoms with Crippen molar-refractivity contribution in [2.24, 2.45) is 5.41 Å². The number of carbonyl (C=O) groups excluding carboxylic acids is 2. The topological polar surface area (TPSA) is 52.6 Å². The normalized spacial score (nSPS) is 11.3. The van der Waals surface area contributed by atoms with E-state index in [1.807, 2.05) is 49.4 Å². The number of ether oxygens (including phenoxy) is 2. The Morgan fingerprint density at radius 2 is 1.46 bits per heavy atom. The third-order valence-electron chi connectivity index (χ3n) is 4.26. The van der Waals surface area contributed by atoms with Gasteiger partial charge in [-0.25, -0.2) is 0 Å². The van der Waals surface area contributed by atoms with E-state index in [1.54, 1.807) is 13.8 Å². The molecule has 0 N–H and O–H groups in total. The van der Waals surface area contributed by atoms with Crippen LogP contribution in [-0.4, -0.2) is 25.2 Å². The lowest BCUT2D eigenvalue weighted by Crippen LogP contribution is -2.43. The molecule has 0 aliphatic rings. The molecule has 0 saturated heterocycles. The molecule has 0 amide bonds. The fourth-order valence-corrected chi connectivity index (χ4v) is 2.88. The van der Waals surface area contributed by atoms with Crippen LogP contribution in [0.3, 0.4) is 0 Å². The maximum atomic E-state index is 12.6. The molecule has 0 aliphatic heterocycles. The van der Waals surface area contributed by atoms with Crippen LogP contribution in [0.2, 0.25) is 0 Å². The van der Waals surface area contributed by atoms with E-state index in [2.05, 4.69) is 0 Å². The van der Waals surface area contributed by atoms with Gasteiger partial charge >= 0.3 is 11.9 Å².